The summed E-state index contributed by atoms with van der Waals surface area (Å²) in [5.41, 5.74) is 2.33. The van der Waals surface area contributed by atoms with E-state index in [9.17, 15) is 4.79 Å². The molecule has 0 unspecified atom stereocenters. The van der Waals surface area contributed by atoms with Gasteiger partial charge in [-0.25, -0.2) is 0 Å². The summed E-state index contributed by atoms with van der Waals surface area (Å²) >= 11 is 5.83. The normalized spacial score (nSPS) is 10.5. The van der Waals surface area contributed by atoms with Crippen molar-refractivity contribution in [2.24, 2.45) is 0 Å². The molecule has 6 heteroatoms. The van der Waals surface area contributed by atoms with Crippen molar-refractivity contribution in [3.8, 4) is 11.5 Å². The Hall–Kier alpha value is -2.66. The molecule has 23 heavy (non-hydrogen) atoms. The fraction of sp³-hybridized carbons (Fsp3) is 0.118. The number of nitrogens with one attached hydrogen (secondary N) is 1. The van der Waals surface area contributed by atoms with Gasteiger partial charge in [0.15, 0.2) is 5.82 Å². The van der Waals surface area contributed by atoms with Crippen LogP contribution in [0.2, 0.25) is 5.02 Å². The van der Waals surface area contributed by atoms with Crippen molar-refractivity contribution in [3.05, 3.63) is 70.5 Å². The van der Waals surface area contributed by atoms with E-state index in [0.717, 1.165) is 11.1 Å². The monoisotopic (exact) mass is 327 g/mol. The molecule has 0 bridgehead atoms. The Labute approximate surface area is 138 Å². The van der Waals surface area contributed by atoms with Crippen LogP contribution in [0.1, 0.15) is 21.7 Å². The van der Waals surface area contributed by atoms with Crippen LogP contribution in [-0.4, -0.2) is 16.0 Å². The SMILES string of the molecule is Cc1noc(-c2ccc(C(=O)NCc3ccc(Cl)cc3)cc2)n1. The van der Waals surface area contributed by atoms with Crippen LogP contribution >= 0.6 is 11.6 Å². The third-order valence-corrected chi connectivity index (χ3v) is 3.54. The molecule has 116 valence electrons. The fourth-order valence-electron chi connectivity index (χ4n) is 2.07. The molecule has 1 aromatic heterocycles. The van der Waals surface area contributed by atoms with Crippen LogP contribution in [-0.2, 0) is 6.54 Å². The van der Waals surface area contributed by atoms with Gasteiger partial charge in [0.1, 0.15) is 0 Å². The smallest absolute Gasteiger partial charge is 0.257 e. The summed E-state index contributed by atoms with van der Waals surface area (Å²) in [6, 6.07) is 14.4. The molecule has 2 aromatic carbocycles. The lowest BCUT2D eigenvalue weighted by atomic mass is 10.1. The highest BCUT2D eigenvalue weighted by Crippen LogP contribution is 2.17. The van der Waals surface area contributed by atoms with Crippen molar-refractivity contribution in [1.29, 1.82) is 0 Å². The minimum absolute atomic E-state index is 0.145. The summed E-state index contributed by atoms with van der Waals surface area (Å²) in [5.74, 6) is 0.869. The van der Waals surface area contributed by atoms with Gasteiger partial charge in [-0.15, -0.1) is 0 Å². The minimum atomic E-state index is -0.145. The van der Waals surface area contributed by atoms with Crippen LogP contribution in [0.5, 0.6) is 0 Å². The molecule has 1 amide bonds. The highest BCUT2D eigenvalue weighted by atomic mass is 35.5. The molecule has 0 aliphatic carbocycles. The predicted octanol–water partition coefficient (Wildman–Crippen LogP) is 3.63. The zero-order valence-electron chi connectivity index (χ0n) is 12.4. The van der Waals surface area contributed by atoms with Crippen molar-refractivity contribution in [2.75, 3.05) is 0 Å². The largest absolute Gasteiger partial charge is 0.348 e. The topological polar surface area (TPSA) is 68.0 Å². The molecule has 3 rings (SSSR count). The first-order chi connectivity index (χ1) is 11.1. The van der Waals surface area contributed by atoms with Gasteiger partial charge >= 0.3 is 0 Å². The van der Waals surface area contributed by atoms with Gasteiger partial charge < -0.3 is 9.84 Å². The third-order valence-electron chi connectivity index (χ3n) is 3.29. The summed E-state index contributed by atoms with van der Waals surface area (Å²) in [7, 11) is 0. The van der Waals surface area contributed by atoms with Gasteiger partial charge in [-0.2, -0.15) is 4.98 Å². The number of nitrogens with zero attached hydrogens (tertiary/aromatic N) is 2. The maximum Gasteiger partial charge on any atom is 0.257 e. The lowest BCUT2D eigenvalue weighted by Gasteiger charge is -2.06. The molecule has 5 nitrogen and oxygen atoms in total. The highest BCUT2D eigenvalue weighted by molar-refractivity contribution is 6.30. The van der Waals surface area contributed by atoms with Crippen molar-refractivity contribution in [3.63, 3.8) is 0 Å². The van der Waals surface area contributed by atoms with E-state index in [1.807, 2.05) is 12.1 Å². The number of benzene rings is 2. The van der Waals surface area contributed by atoms with Crippen molar-refractivity contribution in [2.45, 2.75) is 13.5 Å². The molecule has 0 radical (unpaired) electrons. The van der Waals surface area contributed by atoms with Crippen LogP contribution in [0, 0.1) is 6.92 Å². The van der Waals surface area contributed by atoms with Crippen LogP contribution in [0.3, 0.4) is 0 Å². The number of carbonyl (C=O) groups excluding carboxylic acids is 1. The zero-order chi connectivity index (χ0) is 16.2. The van der Waals surface area contributed by atoms with E-state index < -0.39 is 0 Å². The number of aryl methyl sites for hydroxylation is 1. The molecule has 0 aliphatic heterocycles. The Balaban J connectivity index is 1.64. The molecular weight excluding hydrogens is 314 g/mol. The second-order valence-electron chi connectivity index (χ2n) is 5.03. The standard InChI is InChI=1S/C17H14ClN3O2/c1-11-20-17(23-21-11)14-6-4-13(5-7-14)16(22)19-10-12-2-8-15(18)9-3-12/h2-9H,10H2,1H3,(H,19,22). The first-order valence-electron chi connectivity index (χ1n) is 7.05. The molecule has 3 aromatic rings. The molecular formula is C17H14ClN3O2. The molecule has 0 saturated heterocycles. The number of hydrogen-bond acceptors (Lipinski definition) is 4. The fourth-order valence-corrected chi connectivity index (χ4v) is 2.19. The number of aromatic nitrogens is 2. The summed E-state index contributed by atoms with van der Waals surface area (Å²) in [6.45, 7) is 2.20. The van der Waals surface area contributed by atoms with Gasteiger partial charge in [-0.1, -0.05) is 28.9 Å². The zero-order valence-corrected chi connectivity index (χ0v) is 13.2. The van der Waals surface area contributed by atoms with E-state index >= 15 is 0 Å². The van der Waals surface area contributed by atoms with Gasteiger partial charge in [0.25, 0.3) is 11.8 Å². The average molecular weight is 328 g/mol. The first-order valence-corrected chi connectivity index (χ1v) is 7.43. The summed E-state index contributed by atoms with van der Waals surface area (Å²) in [5, 5.41) is 7.28. The second-order valence-corrected chi connectivity index (χ2v) is 5.47. The van der Waals surface area contributed by atoms with Gasteiger partial charge in [0, 0.05) is 22.7 Å². The van der Waals surface area contributed by atoms with E-state index in [-0.39, 0.29) is 5.91 Å². The Morgan fingerprint density at radius 1 is 1.13 bits per heavy atom. The molecule has 0 atom stereocenters. The molecule has 0 saturated carbocycles. The van der Waals surface area contributed by atoms with Crippen molar-refractivity contribution < 1.29 is 9.32 Å². The van der Waals surface area contributed by atoms with Crippen LogP contribution in [0.4, 0.5) is 0 Å². The second kappa shape index (κ2) is 6.62. The van der Waals surface area contributed by atoms with E-state index in [1.165, 1.54) is 0 Å². The lowest BCUT2D eigenvalue weighted by molar-refractivity contribution is 0.0951. The minimum Gasteiger partial charge on any atom is -0.348 e. The molecule has 0 aliphatic rings. The van der Waals surface area contributed by atoms with Gasteiger partial charge in [0.2, 0.25) is 0 Å². The molecule has 1 N–H and O–H groups in total. The van der Waals surface area contributed by atoms with Gasteiger partial charge in [0.05, 0.1) is 0 Å². The summed E-state index contributed by atoms with van der Waals surface area (Å²) < 4.78 is 5.09. The van der Waals surface area contributed by atoms with E-state index in [1.54, 1.807) is 43.3 Å². The maximum atomic E-state index is 12.1. The van der Waals surface area contributed by atoms with E-state index in [4.69, 9.17) is 16.1 Å². The third kappa shape index (κ3) is 3.76. The van der Waals surface area contributed by atoms with Crippen molar-refractivity contribution >= 4 is 17.5 Å². The summed E-state index contributed by atoms with van der Waals surface area (Å²) in [4.78, 5) is 16.3. The highest BCUT2D eigenvalue weighted by Gasteiger charge is 2.09. The number of rotatable bonds is 4. The Kier molecular flexibility index (Phi) is 4.39. The number of hydrogen-bond donors (Lipinski definition) is 1. The predicted molar refractivity (Wildman–Crippen MR) is 87.1 cm³/mol. The van der Waals surface area contributed by atoms with Crippen LogP contribution in [0.25, 0.3) is 11.5 Å². The number of carbonyl (C=O) groups is 1. The number of amides is 1. The lowest BCUT2D eigenvalue weighted by Crippen LogP contribution is -2.22. The van der Waals surface area contributed by atoms with E-state index in [0.29, 0.717) is 28.8 Å². The Morgan fingerprint density at radius 2 is 1.83 bits per heavy atom. The quantitative estimate of drug-likeness (QED) is 0.794. The average Bonchev–Trinajstić information content (AvgIpc) is 3.01. The van der Waals surface area contributed by atoms with Gasteiger partial charge in [-0.3, -0.25) is 4.79 Å². The first kappa shape index (κ1) is 15.2. The van der Waals surface area contributed by atoms with Crippen LogP contribution < -0.4 is 5.32 Å². The maximum absolute atomic E-state index is 12.1. The molecule has 0 fully saturated rings. The molecule has 1 heterocycles. The van der Waals surface area contributed by atoms with Crippen molar-refractivity contribution in [1.82, 2.24) is 15.5 Å². The van der Waals surface area contributed by atoms with E-state index in [2.05, 4.69) is 15.5 Å². The number of halogens is 1. The molecule has 0 spiro atoms. The Bertz CT molecular complexity index is 811. The Morgan fingerprint density at radius 3 is 2.43 bits per heavy atom. The van der Waals surface area contributed by atoms with Crippen LogP contribution in [0.15, 0.2) is 53.1 Å². The summed E-state index contributed by atoms with van der Waals surface area (Å²) in [6.07, 6.45) is 0. The van der Waals surface area contributed by atoms with Gasteiger partial charge in [-0.05, 0) is 48.9 Å².